The molecule has 0 aliphatic heterocycles. The topological polar surface area (TPSA) is 75.3 Å². The normalized spacial score (nSPS) is 12.0. The molecule has 26 heavy (non-hydrogen) atoms. The van der Waals surface area contributed by atoms with E-state index in [4.69, 9.17) is 11.6 Å². The van der Waals surface area contributed by atoms with Gasteiger partial charge in [0.1, 0.15) is 5.82 Å². The van der Waals surface area contributed by atoms with E-state index in [-0.39, 0.29) is 10.6 Å². The van der Waals surface area contributed by atoms with Crippen LogP contribution in [0.15, 0.2) is 47.4 Å². The number of anilines is 1. The highest BCUT2D eigenvalue weighted by molar-refractivity contribution is 7.89. The molecule has 0 radical (unpaired) electrons. The molecule has 0 saturated carbocycles. The average Bonchev–Trinajstić information content (AvgIpc) is 2.54. The third-order valence-electron chi connectivity index (χ3n) is 3.10. The number of sulfonamides is 1. The van der Waals surface area contributed by atoms with Gasteiger partial charge in [0.2, 0.25) is 15.9 Å². The van der Waals surface area contributed by atoms with Crippen molar-refractivity contribution in [1.82, 2.24) is 4.72 Å². The fourth-order valence-electron chi connectivity index (χ4n) is 1.88. The van der Waals surface area contributed by atoms with Crippen LogP contribution in [-0.4, -0.2) is 20.9 Å². The molecular weight excluding hydrogens is 400 g/mol. The molecule has 2 aromatic rings. The van der Waals surface area contributed by atoms with Crippen molar-refractivity contribution in [2.45, 2.75) is 11.1 Å². The fraction of sp³-hybridized carbons (Fsp3) is 0.133. The summed E-state index contributed by atoms with van der Waals surface area (Å²) in [6.07, 6.45) is -4.71. The molecule has 0 saturated heterocycles. The van der Waals surface area contributed by atoms with Crippen LogP contribution in [0.3, 0.4) is 0 Å². The molecule has 0 aliphatic rings. The molecule has 0 atom stereocenters. The Bertz CT molecular complexity index is 915. The van der Waals surface area contributed by atoms with Gasteiger partial charge >= 0.3 is 6.18 Å². The van der Waals surface area contributed by atoms with Crippen molar-refractivity contribution in [3.63, 3.8) is 0 Å². The summed E-state index contributed by atoms with van der Waals surface area (Å²) in [6.45, 7) is -0.732. The van der Waals surface area contributed by atoms with Crippen LogP contribution in [-0.2, 0) is 21.0 Å². The molecule has 0 aliphatic carbocycles. The molecule has 1 amide bonds. The number of rotatable bonds is 5. The zero-order valence-electron chi connectivity index (χ0n) is 12.8. The number of nitrogens with one attached hydrogen (secondary N) is 2. The number of halogens is 5. The maximum atomic E-state index is 12.8. The van der Waals surface area contributed by atoms with Gasteiger partial charge in [-0.05, 0) is 42.5 Å². The molecular formula is C15H11ClF4N2O3S. The van der Waals surface area contributed by atoms with Crippen molar-refractivity contribution < 1.29 is 30.8 Å². The van der Waals surface area contributed by atoms with E-state index in [1.54, 1.807) is 0 Å². The molecule has 0 bridgehead atoms. The third-order valence-corrected chi connectivity index (χ3v) is 4.85. The van der Waals surface area contributed by atoms with Crippen molar-refractivity contribution in [3.05, 3.63) is 58.9 Å². The number of carbonyl (C=O) groups excluding carboxylic acids is 1. The summed E-state index contributed by atoms with van der Waals surface area (Å²) >= 11 is 5.47. The van der Waals surface area contributed by atoms with Crippen LogP contribution < -0.4 is 10.0 Å². The lowest BCUT2D eigenvalue weighted by Crippen LogP contribution is -2.33. The van der Waals surface area contributed by atoms with Crippen LogP contribution in [0.5, 0.6) is 0 Å². The van der Waals surface area contributed by atoms with Crippen LogP contribution in [0.1, 0.15) is 5.56 Å². The quantitative estimate of drug-likeness (QED) is 0.742. The van der Waals surface area contributed by atoms with E-state index in [2.05, 4.69) is 5.32 Å². The molecule has 2 aromatic carbocycles. The second kappa shape index (κ2) is 7.60. The van der Waals surface area contributed by atoms with Gasteiger partial charge in [-0.25, -0.2) is 17.5 Å². The lowest BCUT2D eigenvalue weighted by molar-refractivity contribution is -0.137. The van der Waals surface area contributed by atoms with Crippen molar-refractivity contribution in [2.24, 2.45) is 0 Å². The summed E-state index contributed by atoms with van der Waals surface area (Å²) in [4.78, 5) is 11.5. The van der Waals surface area contributed by atoms with Crippen LogP contribution in [0.2, 0.25) is 5.02 Å². The predicted molar refractivity (Wildman–Crippen MR) is 86.7 cm³/mol. The minimum absolute atomic E-state index is 0.201. The van der Waals surface area contributed by atoms with Crippen molar-refractivity contribution in [2.75, 3.05) is 11.9 Å². The number of carbonyl (C=O) groups is 1. The van der Waals surface area contributed by atoms with Gasteiger partial charge in [0.05, 0.1) is 22.0 Å². The molecule has 0 aromatic heterocycles. The predicted octanol–water partition coefficient (Wildman–Crippen LogP) is 3.41. The monoisotopic (exact) mass is 410 g/mol. The largest absolute Gasteiger partial charge is 0.417 e. The number of benzene rings is 2. The maximum Gasteiger partial charge on any atom is 0.417 e. The Morgan fingerprint density at radius 1 is 1.08 bits per heavy atom. The first-order chi connectivity index (χ1) is 12.0. The SMILES string of the molecule is O=C(CNS(=O)(=O)c1ccc(F)cc1)Nc1ccc(Cl)c(C(F)(F)F)c1. The molecule has 0 heterocycles. The summed E-state index contributed by atoms with van der Waals surface area (Å²) in [7, 11) is -4.08. The van der Waals surface area contributed by atoms with Crippen molar-refractivity contribution in [1.29, 1.82) is 0 Å². The lowest BCUT2D eigenvalue weighted by Gasteiger charge is -2.12. The molecule has 2 N–H and O–H groups in total. The summed E-state index contributed by atoms with van der Waals surface area (Å²) < 4.78 is 77.0. The maximum absolute atomic E-state index is 12.8. The third kappa shape index (κ3) is 5.16. The Hall–Kier alpha value is -2.17. The molecule has 5 nitrogen and oxygen atoms in total. The smallest absolute Gasteiger partial charge is 0.325 e. The minimum Gasteiger partial charge on any atom is -0.325 e. The van der Waals surface area contributed by atoms with Gasteiger partial charge in [0, 0.05) is 5.69 Å². The first kappa shape index (κ1) is 20.1. The van der Waals surface area contributed by atoms with Gasteiger partial charge in [-0.3, -0.25) is 4.79 Å². The lowest BCUT2D eigenvalue weighted by atomic mass is 10.2. The average molecular weight is 411 g/mol. The first-order valence-electron chi connectivity index (χ1n) is 6.91. The van der Waals surface area contributed by atoms with Gasteiger partial charge < -0.3 is 5.32 Å². The van der Waals surface area contributed by atoms with E-state index < -0.39 is 45.1 Å². The van der Waals surface area contributed by atoms with E-state index >= 15 is 0 Å². The molecule has 0 unspecified atom stereocenters. The van der Waals surface area contributed by atoms with E-state index in [9.17, 15) is 30.8 Å². The first-order valence-corrected chi connectivity index (χ1v) is 8.77. The Kier molecular flexibility index (Phi) is 5.89. The fourth-order valence-corrected chi connectivity index (χ4v) is 3.09. The zero-order chi connectivity index (χ0) is 19.5. The van der Waals surface area contributed by atoms with Gasteiger partial charge in [-0.15, -0.1) is 0 Å². The highest BCUT2D eigenvalue weighted by Crippen LogP contribution is 2.36. The van der Waals surface area contributed by atoms with E-state index in [0.717, 1.165) is 36.4 Å². The van der Waals surface area contributed by atoms with Crippen LogP contribution in [0.25, 0.3) is 0 Å². The number of amides is 1. The highest BCUT2D eigenvalue weighted by Gasteiger charge is 2.33. The Balaban J connectivity index is 2.04. The van der Waals surface area contributed by atoms with E-state index in [0.29, 0.717) is 6.07 Å². The second-order valence-electron chi connectivity index (χ2n) is 5.02. The molecule has 2 rings (SSSR count). The zero-order valence-corrected chi connectivity index (χ0v) is 14.3. The van der Waals surface area contributed by atoms with Crippen LogP contribution in [0.4, 0.5) is 23.2 Å². The minimum atomic E-state index is -4.71. The van der Waals surface area contributed by atoms with Gasteiger partial charge in [-0.2, -0.15) is 13.2 Å². The highest BCUT2D eigenvalue weighted by atomic mass is 35.5. The second-order valence-corrected chi connectivity index (χ2v) is 7.19. The number of hydrogen-bond acceptors (Lipinski definition) is 3. The standard InChI is InChI=1S/C15H11ClF4N2O3S/c16-13-6-3-10(7-12(13)15(18,19)20)22-14(23)8-21-26(24,25)11-4-1-9(17)2-5-11/h1-7,21H,8H2,(H,22,23). The number of hydrogen-bond donors (Lipinski definition) is 2. The Morgan fingerprint density at radius 3 is 2.27 bits per heavy atom. The van der Waals surface area contributed by atoms with Gasteiger partial charge in [0.15, 0.2) is 0 Å². The van der Waals surface area contributed by atoms with Crippen molar-refractivity contribution >= 4 is 33.2 Å². The summed E-state index contributed by atoms with van der Waals surface area (Å²) in [5.74, 6) is -1.53. The van der Waals surface area contributed by atoms with Crippen LogP contribution >= 0.6 is 11.6 Å². The summed E-state index contributed by atoms with van der Waals surface area (Å²) in [6, 6.07) is 6.61. The number of alkyl halides is 3. The van der Waals surface area contributed by atoms with Gasteiger partial charge in [0.25, 0.3) is 0 Å². The van der Waals surface area contributed by atoms with E-state index in [1.165, 1.54) is 0 Å². The summed E-state index contributed by atoms with van der Waals surface area (Å²) in [5, 5.41) is 1.60. The molecule has 0 fully saturated rings. The Morgan fingerprint density at radius 2 is 1.69 bits per heavy atom. The molecule has 0 spiro atoms. The molecule has 140 valence electrons. The van der Waals surface area contributed by atoms with E-state index in [1.807, 2.05) is 4.72 Å². The summed E-state index contributed by atoms with van der Waals surface area (Å²) in [5.41, 5.74) is -1.34. The van der Waals surface area contributed by atoms with Crippen molar-refractivity contribution in [3.8, 4) is 0 Å². The van der Waals surface area contributed by atoms with Crippen LogP contribution in [0, 0.1) is 5.82 Å². The molecule has 11 heteroatoms. The Labute approximate surface area is 151 Å². The van der Waals surface area contributed by atoms with Gasteiger partial charge in [-0.1, -0.05) is 11.6 Å².